The molecule has 0 radical (unpaired) electrons. The van der Waals surface area contributed by atoms with Gasteiger partial charge in [-0.25, -0.2) is 0 Å². The zero-order valence-electron chi connectivity index (χ0n) is 11.7. The minimum Gasteiger partial charge on any atom is -0.196 e. The summed E-state index contributed by atoms with van der Waals surface area (Å²) in [5, 5.41) is 0. The van der Waals surface area contributed by atoms with Crippen molar-refractivity contribution in [1.29, 1.82) is 0 Å². The summed E-state index contributed by atoms with van der Waals surface area (Å²) in [6.07, 6.45) is -0.0142. The number of hydrogen-bond donors (Lipinski definition) is 0. The lowest BCUT2D eigenvalue weighted by Gasteiger charge is -2.42. The van der Waals surface area contributed by atoms with Crippen molar-refractivity contribution in [3.05, 3.63) is 45.6 Å². The molecule has 0 N–H and O–H groups in total. The maximum Gasteiger partial charge on any atom is 0.380 e. The second-order valence-electron chi connectivity index (χ2n) is 6.11. The molecule has 0 unspecified atom stereocenters. The lowest BCUT2D eigenvalue weighted by atomic mass is 9.73. The van der Waals surface area contributed by atoms with Crippen molar-refractivity contribution in [1.82, 2.24) is 0 Å². The molecular formula is C14H2F12. The number of fused-ring (bicyclic) bond motifs is 2. The molecule has 0 aromatic heterocycles. The zero-order valence-corrected chi connectivity index (χ0v) is 11.7. The molecule has 0 aromatic carbocycles. The first-order valence-electron chi connectivity index (χ1n) is 6.68. The summed E-state index contributed by atoms with van der Waals surface area (Å²) < 4.78 is 165. The second-order valence-corrected chi connectivity index (χ2v) is 6.11. The van der Waals surface area contributed by atoms with Crippen LogP contribution in [0.2, 0.25) is 0 Å². The third kappa shape index (κ3) is 1.39. The molecule has 0 aromatic rings. The van der Waals surface area contributed by atoms with Crippen molar-refractivity contribution in [2.75, 3.05) is 0 Å². The number of hydrogen-bond acceptors (Lipinski definition) is 0. The van der Waals surface area contributed by atoms with E-state index in [2.05, 4.69) is 0 Å². The lowest BCUT2D eigenvalue weighted by molar-refractivity contribution is -0.266. The molecule has 0 amide bonds. The van der Waals surface area contributed by atoms with Crippen LogP contribution >= 0.6 is 0 Å². The predicted octanol–water partition coefficient (Wildman–Crippen LogP) is 5.30. The Morgan fingerprint density at radius 1 is 0.423 bits per heavy atom. The van der Waals surface area contributed by atoms with Crippen LogP contribution in [0.1, 0.15) is 0 Å². The SMILES string of the molecule is FC1(F)C2=C1C1=C(C3=C(C=C2)C(F)(F)C3(F)F)C(F)(F)C(F)(F)C1(F)F. The van der Waals surface area contributed by atoms with Crippen molar-refractivity contribution < 1.29 is 52.7 Å². The molecule has 0 nitrogen and oxygen atoms in total. The number of halogens is 12. The summed E-state index contributed by atoms with van der Waals surface area (Å²) in [6.45, 7) is 0. The quantitative estimate of drug-likeness (QED) is 0.486. The Morgan fingerprint density at radius 2 is 0.846 bits per heavy atom. The fraction of sp³-hybridized carbons (Fsp3) is 0.429. The Bertz CT molecular complexity index is 893. The van der Waals surface area contributed by atoms with Gasteiger partial charge in [0.25, 0.3) is 5.92 Å². The van der Waals surface area contributed by atoms with Crippen molar-refractivity contribution in [3.8, 4) is 0 Å². The third-order valence-electron chi connectivity index (χ3n) is 4.76. The second kappa shape index (κ2) is 3.86. The Labute approximate surface area is 135 Å². The van der Waals surface area contributed by atoms with E-state index in [9.17, 15) is 52.7 Å². The predicted molar refractivity (Wildman–Crippen MR) is 59.9 cm³/mol. The van der Waals surface area contributed by atoms with E-state index in [-0.39, 0.29) is 12.2 Å². The van der Waals surface area contributed by atoms with E-state index in [0.717, 1.165) is 0 Å². The minimum absolute atomic E-state index is 0.0578. The molecular weight excluding hydrogens is 396 g/mol. The van der Waals surface area contributed by atoms with Crippen LogP contribution in [0.5, 0.6) is 0 Å². The monoisotopic (exact) mass is 398 g/mol. The molecule has 0 bridgehead atoms. The van der Waals surface area contributed by atoms with Crippen LogP contribution in [0.3, 0.4) is 0 Å². The topological polar surface area (TPSA) is 0 Å². The summed E-state index contributed by atoms with van der Waals surface area (Å²) in [7, 11) is 0. The molecule has 0 saturated carbocycles. The van der Waals surface area contributed by atoms with Crippen molar-refractivity contribution >= 4 is 0 Å². The van der Waals surface area contributed by atoms with Gasteiger partial charge in [0, 0.05) is 33.4 Å². The highest BCUT2D eigenvalue weighted by atomic mass is 19.3. The normalized spacial score (nSPS) is 33.1. The fourth-order valence-corrected chi connectivity index (χ4v) is 3.36. The van der Waals surface area contributed by atoms with Gasteiger partial charge in [-0.05, 0) is 0 Å². The maximum absolute atomic E-state index is 14.0. The highest BCUT2D eigenvalue weighted by Crippen LogP contribution is 2.72. The van der Waals surface area contributed by atoms with Crippen LogP contribution in [0.15, 0.2) is 45.6 Å². The molecule has 142 valence electrons. The van der Waals surface area contributed by atoms with E-state index < -0.39 is 69.0 Å². The van der Waals surface area contributed by atoms with E-state index in [1.807, 2.05) is 0 Å². The summed E-state index contributed by atoms with van der Waals surface area (Å²) >= 11 is 0. The van der Waals surface area contributed by atoms with E-state index in [4.69, 9.17) is 0 Å². The van der Waals surface area contributed by atoms with Crippen LogP contribution in [0, 0.1) is 0 Å². The maximum atomic E-state index is 14.0. The molecule has 0 heterocycles. The van der Waals surface area contributed by atoms with Crippen LogP contribution in [0.25, 0.3) is 0 Å². The van der Waals surface area contributed by atoms with Crippen molar-refractivity contribution in [3.63, 3.8) is 0 Å². The van der Waals surface area contributed by atoms with E-state index >= 15 is 0 Å². The number of allylic oxidation sites excluding steroid dienone is 8. The van der Waals surface area contributed by atoms with E-state index in [0.29, 0.717) is 0 Å². The lowest BCUT2D eigenvalue weighted by Crippen LogP contribution is -2.56. The number of alkyl halides is 12. The Morgan fingerprint density at radius 3 is 1.35 bits per heavy atom. The van der Waals surface area contributed by atoms with Crippen molar-refractivity contribution in [2.24, 2.45) is 0 Å². The molecule has 12 heteroatoms. The first kappa shape index (κ1) is 17.5. The number of rotatable bonds is 0. The standard InChI is InChI=1S/C14H2F12/c15-9(16)3-1-2-4-6(11(19,20)10(4,17)18)8-7(5(3)9)12(21,22)14(25,26)13(8,23)24/h1-2H. The largest absolute Gasteiger partial charge is 0.380 e. The molecule has 26 heavy (non-hydrogen) atoms. The molecule has 4 rings (SSSR count). The fourth-order valence-electron chi connectivity index (χ4n) is 3.36. The Kier molecular flexibility index (Phi) is 2.60. The molecule has 4 aliphatic carbocycles. The van der Waals surface area contributed by atoms with Crippen LogP contribution in [-0.2, 0) is 0 Å². The Hall–Kier alpha value is -1.88. The molecule has 0 fully saturated rings. The third-order valence-corrected chi connectivity index (χ3v) is 4.76. The van der Waals surface area contributed by atoms with Gasteiger partial charge in [0.2, 0.25) is 0 Å². The van der Waals surface area contributed by atoms with Crippen molar-refractivity contribution in [2.45, 2.75) is 35.5 Å². The first-order valence-corrected chi connectivity index (χ1v) is 6.68. The smallest absolute Gasteiger partial charge is 0.196 e. The summed E-state index contributed by atoms with van der Waals surface area (Å²) in [5.74, 6) is -33.5. The van der Waals surface area contributed by atoms with Gasteiger partial charge >= 0.3 is 29.6 Å². The average molecular weight is 398 g/mol. The van der Waals surface area contributed by atoms with Gasteiger partial charge in [0.05, 0.1) is 0 Å². The molecule has 0 saturated heterocycles. The van der Waals surface area contributed by atoms with Gasteiger partial charge in [-0.1, -0.05) is 12.2 Å². The highest BCUT2D eigenvalue weighted by molar-refractivity contribution is 5.78. The Balaban J connectivity index is 2.14. The molecule has 0 aliphatic heterocycles. The minimum atomic E-state index is -6.37. The molecule has 4 aliphatic rings. The highest BCUT2D eigenvalue weighted by Gasteiger charge is 2.86. The molecule has 0 spiro atoms. The average Bonchev–Trinajstić information content (AvgIpc) is 2.92. The van der Waals surface area contributed by atoms with Gasteiger partial charge in [-0.2, -0.15) is 52.7 Å². The van der Waals surface area contributed by atoms with Gasteiger partial charge in [0.15, 0.2) is 0 Å². The van der Waals surface area contributed by atoms with Gasteiger partial charge < -0.3 is 0 Å². The van der Waals surface area contributed by atoms with Gasteiger partial charge in [0.1, 0.15) is 0 Å². The van der Waals surface area contributed by atoms with Crippen LogP contribution in [0.4, 0.5) is 52.7 Å². The van der Waals surface area contributed by atoms with Crippen LogP contribution in [-0.4, -0.2) is 35.5 Å². The summed E-state index contributed by atoms with van der Waals surface area (Å²) in [5.41, 5.74) is -13.5. The van der Waals surface area contributed by atoms with Gasteiger partial charge in [-0.15, -0.1) is 0 Å². The van der Waals surface area contributed by atoms with E-state index in [1.54, 1.807) is 0 Å². The van der Waals surface area contributed by atoms with E-state index in [1.165, 1.54) is 0 Å². The summed E-state index contributed by atoms with van der Waals surface area (Å²) in [6, 6.07) is 0. The summed E-state index contributed by atoms with van der Waals surface area (Å²) in [4.78, 5) is 0. The van der Waals surface area contributed by atoms with Crippen LogP contribution < -0.4 is 0 Å². The molecule has 0 atom stereocenters. The van der Waals surface area contributed by atoms with Gasteiger partial charge in [-0.3, -0.25) is 0 Å². The zero-order chi connectivity index (χ0) is 19.9. The first-order chi connectivity index (χ1) is 11.5.